The van der Waals surface area contributed by atoms with Crippen LogP contribution in [0.2, 0.25) is 0 Å². The number of rotatable bonds is 3. The molecule has 1 amide bonds. The van der Waals surface area contributed by atoms with Gasteiger partial charge in [-0.25, -0.2) is 13.4 Å². The van der Waals surface area contributed by atoms with E-state index in [-0.39, 0.29) is 11.8 Å². The molecule has 0 saturated carbocycles. The summed E-state index contributed by atoms with van der Waals surface area (Å²) in [6, 6.07) is 0. The van der Waals surface area contributed by atoms with E-state index < -0.39 is 21.8 Å². The fourth-order valence-electron chi connectivity index (χ4n) is 0.802. The summed E-state index contributed by atoms with van der Waals surface area (Å²) in [5.41, 5.74) is 4.95. The van der Waals surface area contributed by atoms with Crippen LogP contribution in [0.15, 0.2) is 17.1 Å². The molecule has 14 heavy (non-hydrogen) atoms. The molecule has 6 nitrogen and oxygen atoms in total. The minimum atomic E-state index is -3.17. The summed E-state index contributed by atoms with van der Waals surface area (Å²) in [5, 5.41) is 0. The Morgan fingerprint density at radius 2 is 2.36 bits per heavy atom. The summed E-state index contributed by atoms with van der Waals surface area (Å²) in [6.07, 6.45) is 3.05. The number of nitrogens with zero attached hydrogens (tertiary/aromatic N) is 1. The van der Waals surface area contributed by atoms with Gasteiger partial charge >= 0.3 is 0 Å². The van der Waals surface area contributed by atoms with E-state index in [0.717, 1.165) is 6.26 Å². The summed E-state index contributed by atoms with van der Waals surface area (Å²) >= 11 is 0. The second kappa shape index (κ2) is 3.79. The van der Waals surface area contributed by atoms with E-state index in [2.05, 4.69) is 4.99 Å². The molecule has 7 heteroatoms. The van der Waals surface area contributed by atoms with Crippen molar-refractivity contribution in [2.75, 3.05) is 12.1 Å². The highest BCUT2D eigenvalue weighted by Crippen LogP contribution is 2.06. The van der Waals surface area contributed by atoms with E-state index in [4.69, 9.17) is 10.5 Å². The van der Waals surface area contributed by atoms with E-state index in [9.17, 15) is 13.2 Å². The second-order valence-electron chi connectivity index (χ2n) is 2.85. The molecule has 0 saturated heterocycles. The number of carbonyl (C=O) groups excluding carboxylic acids is 1. The minimum absolute atomic E-state index is 0.110. The zero-order valence-corrected chi connectivity index (χ0v) is 8.32. The largest absolute Gasteiger partial charge is 0.460 e. The predicted octanol–water partition coefficient (Wildman–Crippen LogP) is -1.17. The lowest BCUT2D eigenvalue weighted by Crippen LogP contribution is -2.27. The maximum absolute atomic E-state index is 10.7. The fourth-order valence-corrected chi connectivity index (χ4v) is 1.16. The van der Waals surface area contributed by atoms with Crippen molar-refractivity contribution in [3.05, 3.63) is 12.2 Å². The zero-order valence-electron chi connectivity index (χ0n) is 7.50. The van der Waals surface area contributed by atoms with Crippen LogP contribution in [0.4, 0.5) is 0 Å². The molecular weight excluding hydrogens is 208 g/mol. The number of nitrogens with two attached hydrogens (primary N) is 1. The molecule has 1 heterocycles. The van der Waals surface area contributed by atoms with Gasteiger partial charge in [0.05, 0.1) is 0 Å². The van der Waals surface area contributed by atoms with Crippen LogP contribution < -0.4 is 5.73 Å². The number of aliphatic imine (C=N–C) groups is 1. The van der Waals surface area contributed by atoms with Crippen molar-refractivity contribution in [1.82, 2.24) is 0 Å². The Hall–Kier alpha value is -1.37. The number of hydrogen-bond donors (Lipinski definition) is 1. The smallest absolute Gasteiger partial charge is 0.262 e. The third kappa shape index (κ3) is 3.17. The van der Waals surface area contributed by atoms with E-state index in [1.807, 2.05) is 0 Å². The van der Waals surface area contributed by atoms with Gasteiger partial charge in [0.2, 0.25) is 5.90 Å². The van der Waals surface area contributed by atoms with Crippen LogP contribution in [0.25, 0.3) is 0 Å². The van der Waals surface area contributed by atoms with Crippen LogP contribution in [-0.4, -0.2) is 38.5 Å². The first kappa shape index (κ1) is 10.7. The topological polar surface area (TPSA) is 98.8 Å². The van der Waals surface area contributed by atoms with Crippen molar-refractivity contribution in [3.63, 3.8) is 0 Å². The molecule has 1 unspecified atom stereocenters. The molecule has 0 aromatic rings. The molecule has 1 atom stereocenters. The molecule has 0 aromatic carbocycles. The molecule has 0 fully saturated rings. The lowest BCUT2D eigenvalue weighted by molar-refractivity contribution is -0.122. The number of hydrogen-bond acceptors (Lipinski definition) is 5. The van der Waals surface area contributed by atoms with Crippen LogP contribution in [-0.2, 0) is 19.4 Å². The molecule has 1 aliphatic rings. The van der Waals surface area contributed by atoms with Gasteiger partial charge in [-0.05, 0) is 6.08 Å². The first-order valence-electron chi connectivity index (χ1n) is 3.75. The Balaban J connectivity index is 2.60. The fraction of sp³-hybridized carbons (Fsp3) is 0.429. The van der Waals surface area contributed by atoms with Gasteiger partial charge in [0, 0.05) is 12.3 Å². The summed E-state index contributed by atoms with van der Waals surface area (Å²) in [7, 11) is -3.17. The van der Waals surface area contributed by atoms with Crippen LogP contribution in [0.3, 0.4) is 0 Å². The van der Waals surface area contributed by atoms with Crippen molar-refractivity contribution >= 4 is 21.6 Å². The Morgan fingerprint density at radius 3 is 2.79 bits per heavy atom. The third-order valence-electron chi connectivity index (χ3n) is 1.40. The van der Waals surface area contributed by atoms with E-state index in [1.165, 1.54) is 12.2 Å². The third-order valence-corrected chi connectivity index (χ3v) is 1.99. The normalized spacial score (nSPS) is 23.8. The van der Waals surface area contributed by atoms with Crippen molar-refractivity contribution in [3.8, 4) is 0 Å². The minimum Gasteiger partial charge on any atom is -0.460 e. The molecule has 1 rings (SSSR count). The van der Waals surface area contributed by atoms with Gasteiger partial charge in [0.1, 0.15) is 5.88 Å². The Morgan fingerprint density at radius 1 is 1.71 bits per heavy atom. The van der Waals surface area contributed by atoms with Crippen molar-refractivity contribution in [2.24, 2.45) is 10.7 Å². The van der Waals surface area contributed by atoms with E-state index in [1.54, 1.807) is 0 Å². The lowest BCUT2D eigenvalue weighted by atomic mass is 10.3. The molecular formula is C7H10N2O4S. The average Bonchev–Trinajstić information content (AvgIpc) is 2.47. The summed E-state index contributed by atoms with van der Waals surface area (Å²) in [5.74, 6) is -0.886. The highest BCUT2D eigenvalue weighted by Gasteiger charge is 2.20. The Labute approximate surface area is 81.4 Å². The quantitative estimate of drug-likeness (QED) is 0.645. The number of primary amides is 1. The summed E-state index contributed by atoms with van der Waals surface area (Å²) in [4.78, 5) is 14.3. The monoisotopic (exact) mass is 218 g/mol. The Bertz CT molecular complexity index is 396. The van der Waals surface area contributed by atoms with Crippen molar-refractivity contribution in [2.45, 2.75) is 6.10 Å². The second-order valence-corrected chi connectivity index (χ2v) is 4.96. The molecule has 0 bridgehead atoms. The van der Waals surface area contributed by atoms with Gasteiger partial charge in [0.25, 0.3) is 5.91 Å². The average molecular weight is 218 g/mol. The molecule has 0 aromatic heterocycles. The van der Waals surface area contributed by atoms with Crippen LogP contribution in [0.5, 0.6) is 0 Å². The summed E-state index contributed by atoms with van der Waals surface area (Å²) < 4.78 is 26.4. The summed E-state index contributed by atoms with van der Waals surface area (Å²) in [6.45, 7) is 0. The highest BCUT2D eigenvalue weighted by molar-refractivity contribution is 7.90. The number of amides is 1. The molecule has 2 N–H and O–H groups in total. The zero-order chi connectivity index (χ0) is 10.8. The van der Waals surface area contributed by atoms with Gasteiger partial charge in [-0.3, -0.25) is 4.79 Å². The molecule has 0 aliphatic carbocycles. The van der Waals surface area contributed by atoms with Gasteiger partial charge in [0.15, 0.2) is 15.9 Å². The number of ether oxygens (including phenoxy) is 1. The first-order valence-corrected chi connectivity index (χ1v) is 5.81. The standard InChI is InChI=1S/C7H10N2O4S/c1-14(11,12)4-9-6-3-2-5(13-6)7(8)10/h2-3,5H,4H2,1H3,(H2,8,10). The van der Waals surface area contributed by atoms with Crippen LogP contribution >= 0.6 is 0 Å². The maximum Gasteiger partial charge on any atom is 0.262 e. The predicted molar refractivity (Wildman–Crippen MR) is 50.4 cm³/mol. The van der Waals surface area contributed by atoms with Gasteiger partial charge in [-0.2, -0.15) is 0 Å². The van der Waals surface area contributed by atoms with Crippen LogP contribution in [0, 0.1) is 0 Å². The van der Waals surface area contributed by atoms with E-state index >= 15 is 0 Å². The van der Waals surface area contributed by atoms with Crippen LogP contribution in [0.1, 0.15) is 0 Å². The SMILES string of the molecule is CS(=O)(=O)CN=C1C=CC(C(N)=O)O1. The maximum atomic E-state index is 10.7. The molecule has 0 radical (unpaired) electrons. The van der Waals surface area contributed by atoms with Crippen molar-refractivity contribution < 1.29 is 17.9 Å². The number of carbonyl (C=O) groups is 1. The molecule has 78 valence electrons. The van der Waals surface area contributed by atoms with Gasteiger partial charge in [-0.1, -0.05) is 0 Å². The Kier molecular flexibility index (Phi) is 2.90. The highest BCUT2D eigenvalue weighted by atomic mass is 32.2. The van der Waals surface area contributed by atoms with Crippen molar-refractivity contribution in [1.29, 1.82) is 0 Å². The lowest BCUT2D eigenvalue weighted by Gasteiger charge is -2.04. The van der Waals surface area contributed by atoms with Gasteiger partial charge < -0.3 is 10.5 Å². The first-order chi connectivity index (χ1) is 6.38. The van der Waals surface area contributed by atoms with E-state index in [0.29, 0.717) is 0 Å². The molecule has 0 spiro atoms. The van der Waals surface area contributed by atoms with Gasteiger partial charge in [-0.15, -0.1) is 0 Å². The number of sulfone groups is 1. The molecule has 1 aliphatic heterocycles.